The molecule has 0 fully saturated rings. The standard InChI is InChI=1S/C19H14N4O4/c24-14-6-5-10(7-15(14)25)18(27)23-19-20-9-11-8-16(26)21-13-4-2-1-3-12(13)17(11)22-19/h1-7,9,24-25H,8H2,(H,21,26)(H,20,22,23,27). The van der Waals surface area contributed by atoms with Gasteiger partial charge in [-0.1, -0.05) is 18.2 Å². The summed E-state index contributed by atoms with van der Waals surface area (Å²) in [6, 6.07) is 11.0. The molecule has 0 saturated heterocycles. The van der Waals surface area contributed by atoms with Gasteiger partial charge >= 0.3 is 0 Å². The average molecular weight is 362 g/mol. The molecule has 2 heterocycles. The third-order valence-corrected chi connectivity index (χ3v) is 4.13. The van der Waals surface area contributed by atoms with E-state index in [1.165, 1.54) is 18.3 Å². The maximum atomic E-state index is 12.4. The Morgan fingerprint density at radius 1 is 1.11 bits per heavy atom. The second kappa shape index (κ2) is 6.41. The normalized spacial score (nSPS) is 12.4. The summed E-state index contributed by atoms with van der Waals surface area (Å²) in [5, 5.41) is 24.3. The topological polar surface area (TPSA) is 124 Å². The van der Waals surface area contributed by atoms with Crippen molar-refractivity contribution in [2.24, 2.45) is 0 Å². The second-order valence-corrected chi connectivity index (χ2v) is 6.00. The number of carbonyl (C=O) groups excluding carboxylic acids is 2. The molecule has 0 aliphatic carbocycles. The predicted octanol–water partition coefficient (Wildman–Crippen LogP) is 2.30. The first-order chi connectivity index (χ1) is 13.0. The lowest BCUT2D eigenvalue weighted by Gasteiger charge is -2.10. The molecule has 134 valence electrons. The zero-order valence-corrected chi connectivity index (χ0v) is 13.9. The van der Waals surface area contributed by atoms with Crippen molar-refractivity contribution in [3.63, 3.8) is 0 Å². The van der Waals surface area contributed by atoms with E-state index in [1.54, 1.807) is 6.07 Å². The Balaban J connectivity index is 1.69. The fourth-order valence-corrected chi connectivity index (χ4v) is 2.83. The molecule has 0 spiro atoms. The summed E-state index contributed by atoms with van der Waals surface area (Å²) >= 11 is 0. The molecule has 1 aliphatic rings. The zero-order chi connectivity index (χ0) is 19.0. The van der Waals surface area contributed by atoms with E-state index in [9.17, 15) is 19.8 Å². The molecule has 8 nitrogen and oxygen atoms in total. The number of hydrogen-bond donors (Lipinski definition) is 4. The first kappa shape index (κ1) is 16.5. The Morgan fingerprint density at radius 2 is 1.93 bits per heavy atom. The van der Waals surface area contributed by atoms with Crippen LogP contribution in [-0.2, 0) is 11.2 Å². The fraction of sp³-hybridized carbons (Fsp3) is 0.0526. The fourth-order valence-electron chi connectivity index (χ4n) is 2.83. The summed E-state index contributed by atoms with van der Waals surface area (Å²) in [4.78, 5) is 32.9. The van der Waals surface area contributed by atoms with Crippen LogP contribution >= 0.6 is 0 Å². The highest BCUT2D eigenvalue weighted by molar-refractivity contribution is 6.04. The van der Waals surface area contributed by atoms with Gasteiger partial charge in [-0.05, 0) is 24.3 Å². The lowest BCUT2D eigenvalue weighted by molar-refractivity contribution is -0.115. The number of hydrogen-bond acceptors (Lipinski definition) is 6. The number of nitrogens with one attached hydrogen (secondary N) is 2. The molecule has 8 heteroatoms. The number of aromatic nitrogens is 2. The van der Waals surface area contributed by atoms with Gasteiger partial charge in [0.15, 0.2) is 11.5 Å². The van der Waals surface area contributed by atoms with Gasteiger partial charge in [0.25, 0.3) is 5.91 Å². The van der Waals surface area contributed by atoms with Crippen LogP contribution in [0.2, 0.25) is 0 Å². The number of carbonyl (C=O) groups is 2. The maximum Gasteiger partial charge on any atom is 0.258 e. The van der Waals surface area contributed by atoms with E-state index in [2.05, 4.69) is 20.6 Å². The van der Waals surface area contributed by atoms with E-state index in [4.69, 9.17) is 0 Å². The van der Waals surface area contributed by atoms with Crippen LogP contribution in [-0.4, -0.2) is 32.0 Å². The van der Waals surface area contributed by atoms with Crippen molar-refractivity contribution in [3.05, 3.63) is 59.8 Å². The van der Waals surface area contributed by atoms with Gasteiger partial charge in [-0.3, -0.25) is 14.9 Å². The van der Waals surface area contributed by atoms with Crippen LogP contribution < -0.4 is 10.6 Å². The van der Waals surface area contributed by atoms with E-state index >= 15 is 0 Å². The number of rotatable bonds is 2. The number of phenols is 2. The molecule has 4 N–H and O–H groups in total. The van der Waals surface area contributed by atoms with Gasteiger partial charge in [0.2, 0.25) is 11.9 Å². The van der Waals surface area contributed by atoms with Crippen molar-refractivity contribution in [1.29, 1.82) is 0 Å². The third-order valence-electron chi connectivity index (χ3n) is 4.13. The van der Waals surface area contributed by atoms with Crippen LogP contribution in [0.5, 0.6) is 11.5 Å². The molecule has 1 aromatic heterocycles. The van der Waals surface area contributed by atoms with Crippen LogP contribution in [0.25, 0.3) is 11.3 Å². The highest BCUT2D eigenvalue weighted by Gasteiger charge is 2.21. The summed E-state index contributed by atoms with van der Waals surface area (Å²) in [7, 11) is 0. The van der Waals surface area contributed by atoms with Crippen molar-refractivity contribution in [3.8, 4) is 22.8 Å². The molecule has 2 aromatic carbocycles. The van der Waals surface area contributed by atoms with E-state index in [0.29, 0.717) is 16.9 Å². The minimum absolute atomic E-state index is 0.0652. The maximum absolute atomic E-state index is 12.4. The molecule has 1 aliphatic heterocycles. The molecule has 2 amide bonds. The van der Waals surface area contributed by atoms with Gasteiger partial charge in [0.05, 0.1) is 17.8 Å². The number of aromatic hydroxyl groups is 2. The van der Waals surface area contributed by atoms with Gasteiger partial charge in [-0.25, -0.2) is 9.97 Å². The first-order valence-corrected chi connectivity index (χ1v) is 8.10. The number of phenolic OH excluding ortho intramolecular Hbond substituents is 2. The van der Waals surface area contributed by atoms with Crippen molar-refractivity contribution >= 4 is 23.5 Å². The second-order valence-electron chi connectivity index (χ2n) is 6.00. The molecule has 0 saturated carbocycles. The van der Waals surface area contributed by atoms with Gasteiger partial charge in [-0.2, -0.15) is 0 Å². The van der Waals surface area contributed by atoms with Crippen molar-refractivity contribution < 1.29 is 19.8 Å². The molecule has 27 heavy (non-hydrogen) atoms. The molecule has 4 rings (SSSR count). The minimum atomic E-state index is -0.540. The monoisotopic (exact) mass is 362 g/mol. The Kier molecular flexibility index (Phi) is 3.92. The Bertz CT molecular complexity index is 1080. The predicted molar refractivity (Wildman–Crippen MR) is 97.5 cm³/mol. The summed E-state index contributed by atoms with van der Waals surface area (Å²) in [6.07, 6.45) is 1.64. The minimum Gasteiger partial charge on any atom is -0.504 e. The smallest absolute Gasteiger partial charge is 0.258 e. The SMILES string of the molecule is O=C1Cc2cnc(NC(=O)c3ccc(O)c(O)c3)nc2-c2ccccc2N1. The summed E-state index contributed by atoms with van der Waals surface area (Å²) < 4.78 is 0. The highest BCUT2D eigenvalue weighted by Crippen LogP contribution is 2.32. The quantitative estimate of drug-likeness (QED) is 0.519. The van der Waals surface area contributed by atoms with E-state index in [1.807, 2.05) is 18.2 Å². The molecule has 3 aromatic rings. The molecular formula is C19H14N4O4. The van der Waals surface area contributed by atoms with Crippen LogP contribution in [0.1, 0.15) is 15.9 Å². The third kappa shape index (κ3) is 3.15. The van der Waals surface area contributed by atoms with Crippen LogP contribution in [0.3, 0.4) is 0 Å². The largest absolute Gasteiger partial charge is 0.504 e. The van der Waals surface area contributed by atoms with Crippen LogP contribution in [0.4, 0.5) is 11.6 Å². The summed E-state index contributed by atoms with van der Waals surface area (Å²) in [5.74, 6) is -1.36. The first-order valence-electron chi connectivity index (χ1n) is 8.10. The Hall–Kier alpha value is -3.94. The number of fused-ring (bicyclic) bond motifs is 3. The van der Waals surface area contributed by atoms with Crippen LogP contribution in [0.15, 0.2) is 48.7 Å². The molecular weight excluding hydrogens is 348 g/mol. The van der Waals surface area contributed by atoms with Gasteiger partial charge in [0.1, 0.15) is 0 Å². The van der Waals surface area contributed by atoms with Crippen molar-refractivity contribution in [2.45, 2.75) is 6.42 Å². The van der Waals surface area contributed by atoms with E-state index < -0.39 is 11.7 Å². The van der Waals surface area contributed by atoms with E-state index in [-0.39, 0.29) is 29.6 Å². The van der Waals surface area contributed by atoms with Gasteiger partial charge < -0.3 is 15.5 Å². The summed E-state index contributed by atoms with van der Waals surface area (Å²) in [6.45, 7) is 0. The number of amides is 2. The van der Waals surface area contributed by atoms with Crippen molar-refractivity contribution in [1.82, 2.24) is 9.97 Å². The molecule has 0 bridgehead atoms. The summed E-state index contributed by atoms with van der Waals surface area (Å²) in [5.41, 5.74) is 2.72. The zero-order valence-electron chi connectivity index (χ0n) is 13.9. The Morgan fingerprint density at radius 3 is 2.74 bits per heavy atom. The number of benzene rings is 2. The number of nitrogens with zero attached hydrogens (tertiary/aromatic N) is 2. The van der Waals surface area contributed by atoms with Crippen LogP contribution in [0, 0.1) is 0 Å². The van der Waals surface area contributed by atoms with Gasteiger partial charge in [-0.15, -0.1) is 0 Å². The van der Waals surface area contributed by atoms with E-state index in [0.717, 1.165) is 11.6 Å². The lowest BCUT2D eigenvalue weighted by atomic mass is 10.1. The highest BCUT2D eigenvalue weighted by atomic mass is 16.3. The molecule has 0 atom stereocenters. The lowest BCUT2D eigenvalue weighted by Crippen LogP contribution is -2.15. The number of para-hydroxylation sites is 1. The molecule has 0 radical (unpaired) electrons. The average Bonchev–Trinajstić information content (AvgIpc) is 2.79. The van der Waals surface area contributed by atoms with Gasteiger partial charge in [0, 0.05) is 22.9 Å². The molecule has 0 unspecified atom stereocenters. The van der Waals surface area contributed by atoms with Crippen molar-refractivity contribution in [2.75, 3.05) is 10.6 Å². The number of anilines is 2. The Labute approximate surface area is 153 Å².